The molecular formula is C18H23BN2O3. The fraction of sp³-hybridized carbons (Fsp3) is 0.556. The van der Waals surface area contributed by atoms with Crippen molar-refractivity contribution in [2.75, 3.05) is 0 Å². The summed E-state index contributed by atoms with van der Waals surface area (Å²) in [6.07, 6.45) is 4.09. The summed E-state index contributed by atoms with van der Waals surface area (Å²) in [5, 5.41) is 0.651. The van der Waals surface area contributed by atoms with E-state index in [1.165, 1.54) is 12.8 Å². The Morgan fingerprint density at radius 3 is 2.50 bits per heavy atom. The van der Waals surface area contributed by atoms with E-state index in [4.69, 9.17) is 9.31 Å². The quantitative estimate of drug-likeness (QED) is 0.811. The minimum Gasteiger partial charge on any atom is -0.399 e. The molecule has 0 radical (unpaired) electrons. The van der Waals surface area contributed by atoms with E-state index < -0.39 is 7.12 Å². The van der Waals surface area contributed by atoms with Crippen molar-refractivity contribution in [3.05, 3.63) is 34.9 Å². The monoisotopic (exact) mass is 326 g/mol. The van der Waals surface area contributed by atoms with Gasteiger partial charge < -0.3 is 9.31 Å². The van der Waals surface area contributed by atoms with Crippen molar-refractivity contribution in [3.8, 4) is 0 Å². The van der Waals surface area contributed by atoms with Gasteiger partial charge >= 0.3 is 7.12 Å². The van der Waals surface area contributed by atoms with E-state index in [0.717, 1.165) is 12.0 Å². The topological polar surface area (TPSA) is 53.4 Å². The lowest BCUT2D eigenvalue weighted by molar-refractivity contribution is 0.00578. The van der Waals surface area contributed by atoms with Gasteiger partial charge in [-0.3, -0.25) is 9.36 Å². The highest BCUT2D eigenvalue weighted by Crippen LogP contribution is 2.36. The Bertz CT molecular complexity index is 839. The number of hydrogen-bond acceptors (Lipinski definition) is 4. The van der Waals surface area contributed by atoms with Crippen LogP contribution in [0.4, 0.5) is 0 Å². The molecule has 1 aliphatic carbocycles. The number of hydrogen-bond donors (Lipinski definition) is 0. The van der Waals surface area contributed by atoms with Gasteiger partial charge in [0, 0.05) is 6.54 Å². The molecule has 2 fully saturated rings. The van der Waals surface area contributed by atoms with Gasteiger partial charge in [-0.1, -0.05) is 6.07 Å². The molecule has 2 heterocycles. The summed E-state index contributed by atoms with van der Waals surface area (Å²) in [5.74, 6) is 0.644. The van der Waals surface area contributed by atoms with E-state index in [2.05, 4.69) is 4.98 Å². The molecule has 1 aromatic heterocycles. The zero-order chi connectivity index (χ0) is 17.1. The molecule has 1 aromatic carbocycles. The Hall–Kier alpha value is -1.66. The van der Waals surface area contributed by atoms with Crippen molar-refractivity contribution in [1.29, 1.82) is 0 Å². The van der Waals surface area contributed by atoms with Crippen molar-refractivity contribution < 1.29 is 9.31 Å². The van der Waals surface area contributed by atoms with Gasteiger partial charge in [0.15, 0.2) is 0 Å². The van der Waals surface area contributed by atoms with Crippen molar-refractivity contribution in [1.82, 2.24) is 9.55 Å². The minimum atomic E-state index is -0.435. The molecule has 5 nitrogen and oxygen atoms in total. The van der Waals surface area contributed by atoms with Gasteiger partial charge in [-0.15, -0.1) is 0 Å². The maximum absolute atomic E-state index is 12.6. The lowest BCUT2D eigenvalue weighted by Crippen LogP contribution is -2.41. The van der Waals surface area contributed by atoms with Gasteiger partial charge in [-0.05, 0) is 64.1 Å². The highest BCUT2D eigenvalue weighted by molar-refractivity contribution is 6.62. The Labute approximate surface area is 142 Å². The Morgan fingerprint density at radius 1 is 1.21 bits per heavy atom. The molecule has 2 aliphatic rings. The van der Waals surface area contributed by atoms with Gasteiger partial charge in [-0.2, -0.15) is 0 Å². The summed E-state index contributed by atoms with van der Waals surface area (Å²) in [5.41, 5.74) is 0.862. The van der Waals surface area contributed by atoms with Crippen LogP contribution in [0.3, 0.4) is 0 Å². The smallest absolute Gasteiger partial charge is 0.399 e. The van der Waals surface area contributed by atoms with Crippen molar-refractivity contribution in [3.63, 3.8) is 0 Å². The summed E-state index contributed by atoms with van der Waals surface area (Å²) < 4.78 is 13.9. The second kappa shape index (κ2) is 5.17. The van der Waals surface area contributed by atoms with Crippen LogP contribution in [-0.4, -0.2) is 27.9 Å². The van der Waals surface area contributed by atoms with Crippen LogP contribution in [0, 0.1) is 5.92 Å². The second-order valence-electron chi connectivity index (χ2n) is 8.01. The van der Waals surface area contributed by atoms with Crippen LogP contribution in [0.1, 0.15) is 40.5 Å². The number of aromatic nitrogens is 2. The number of nitrogens with zero attached hydrogens (tertiary/aromatic N) is 2. The minimum absolute atomic E-state index is 0.0346. The molecule has 24 heavy (non-hydrogen) atoms. The lowest BCUT2D eigenvalue weighted by Gasteiger charge is -2.32. The molecule has 6 heteroatoms. The summed E-state index contributed by atoms with van der Waals surface area (Å²) >= 11 is 0. The molecule has 4 rings (SSSR count). The van der Waals surface area contributed by atoms with Crippen molar-refractivity contribution in [2.24, 2.45) is 5.92 Å². The number of benzene rings is 1. The van der Waals surface area contributed by atoms with Crippen LogP contribution < -0.4 is 11.0 Å². The summed E-state index contributed by atoms with van der Waals surface area (Å²) in [4.78, 5) is 17.1. The molecule has 2 aromatic rings. The third kappa shape index (κ3) is 2.58. The van der Waals surface area contributed by atoms with E-state index in [9.17, 15) is 4.79 Å². The summed E-state index contributed by atoms with van der Waals surface area (Å²) in [6.45, 7) is 8.90. The highest BCUT2D eigenvalue weighted by Gasteiger charge is 2.51. The third-order valence-electron chi connectivity index (χ3n) is 5.53. The van der Waals surface area contributed by atoms with E-state index >= 15 is 0 Å². The first-order chi connectivity index (χ1) is 11.3. The molecule has 0 N–H and O–H groups in total. The Balaban J connectivity index is 1.68. The molecule has 1 saturated carbocycles. The van der Waals surface area contributed by atoms with Gasteiger partial charge in [0.1, 0.15) is 0 Å². The highest BCUT2D eigenvalue weighted by atomic mass is 16.7. The standard InChI is InChI=1S/C18H23BN2O3/c1-17(2)18(3,4)24-19(23-17)13-7-8-14-15(9-13)20-11-21(16(14)22)10-12-5-6-12/h7-9,11-12H,5-6,10H2,1-4H3. The first kappa shape index (κ1) is 15.8. The van der Waals surface area contributed by atoms with Crippen LogP contribution in [0.5, 0.6) is 0 Å². The Kier molecular flexibility index (Phi) is 3.41. The van der Waals surface area contributed by atoms with Gasteiger partial charge in [-0.25, -0.2) is 4.98 Å². The van der Waals surface area contributed by atoms with Crippen LogP contribution in [0.2, 0.25) is 0 Å². The largest absolute Gasteiger partial charge is 0.494 e. The predicted molar refractivity (Wildman–Crippen MR) is 94.4 cm³/mol. The van der Waals surface area contributed by atoms with Crippen LogP contribution in [0.25, 0.3) is 10.9 Å². The molecule has 1 aliphatic heterocycles. The molecular weight excluding hydrogens is 303 g/mol. The molecule has 0 unspecified atom stereocenters. The van der Waals surface area contributed by atoms with Crippen LogP contribution in [0.15, 0.2) is 29.3 Å². The van der Waals surface area contributed by atoms with Crippen LogP contribution in [-0.2, 0) is 15.9 Å². The maximum atomic E-state index is 12.6. The molecule has 0 atom stereocenters. The maximum Gasteiger partial charge on any atom is 0.494 e. The van der Waals surface area contributed by atoms with Crippen LogP contribution >= 0.6 is 0 Å². The van der Waals surface area contributed by atoms with Crippen molar-refractivity contribution >= 4 is 23.5 Å². The predicted octanol–water partition coefficient (Wildman–Crippen LogP) is 2.11. The fourth-order valence-electron chi connectivity index (χ4n) is 3.01. The van der Waals surface area contributed by atoms with Gasteiger partial charge in [0.25, 0.3) is 5.56 Å². The summed E-state index contributed by atoms with van der Waals surface area (Å²) in [7, 11) is -0.435. The van der Waals surface area contributed by atoms with E-state index in [-0.39, 0.29) is 16.8 Å². The van der Waals surface area contributed by atoms with Crippen molar-refractivity contribution in [2.45, 2.75) is 58.3 Å². The molecule has 0 spiro atoms. The molecule has 1 saturated heterocycles. The fourth-order valence-corrected chi connectivity index (χ4v) is 3.01. The molecule has 0 amide bonds. The van der Waals surface area contributed by atoms with E-state index in [0.29, 0.717) is 16.8 Å². The van der Waals surface area contributed by atoms with Gasteiger partial charge in [0.05, 0.1) is 28.4 Å². The lowest BCUT2D eigenvalue weighted by atomic mass is 9.79. The second-order valence-corrected chi connectivity index (χ2v) is 8.01. The average molecular weight is 326 g/mol. The zero-order valence-corrected chi connectivity index (χ0v) is 14.7. The molecule has 0 bridgehead atoms. The normalized spacial score (nSPS) is 22.2. The average Bonchev–Trinajstić information content (AvgIpc) is 3.29. The first-order valence-electron chi connectivity index (χ1n) is 8.62. The van der Waals surface area contributed by atoms with Gasteiger partial charge in [0.2, 0.25) is 0 Å². The number of rotatable bonds is 3. The van der Waals surface area contributed by atoms with E-state index in [1.807, 2.05) is 45.9 Å². The van der Waals surface area contributed by atoms with E-state index in [1.54, 1.807) is 10.9 Å². The molecule has 126 valence electrons. The summed E-state index contributed by atoms with van der Waals surface area (Å²) in [6, 6.07) is 5.66. The first-order valence-corrected chi connectivity index (χ1v) is 8.62. The number of fused-ring (bicyclic) bond motifs is 1. The Morgan fingerprint density at radius 2 is 1.88 bits per heavy atom. The SMILES string of the molecule is CC1(C)OB(c2ccc3c(=O)n(CC4CC4)cnc3c2)OC1(C)C. The zero-order valence-electron chi connectivity index (χ0n) is 14.7. The third-order valence-corrected chi connectivity index (χ3v) is 5.53.